The molecular weight excluding hydrogens is 725 g/mol. The molecule has 7 nitrogen and oxygen atoms in total. The van der Waals surface area contributed by atoms with Crippen molar-refractivity contribution in [3.8, 4) is 0 Å². The molecule has 0 aromatic heterocycles. The second-order valence-corrected chi connectivity index (χ2v) is 20.8. The molecule has 4 fully saturated rings. The van der Waals surface area contributed by atoms with Crippen LogP contribution >= 0.6 is 0 Å². The first kappa shape index (κ1) is 47.8. The Morgan fingerprint density at radius 1 is 0.793 bits per heavy atom. The Morgan fingerprint density at radius 2 is 1.41 bits per heavy atom. The average molecular weight is 813 g/mol. The molecule has 4 aliphatic carbocycles. The fraction of sp³-hybridized carbons (Fsp3) is 0.902. The molecule has 0 bridgehead atoms. The van der Waals surface area contributed by atoms with Gasteiger partial charge in [-0.05, 0) is 116 Å². The molecule has 58 heavy (non-hydrogen) atoms. The van der Waals surface area contributed by atoms with Gasteiger partial charge in [-0.2, -0.15) is 0 Å². The number of aliphatic hydroxyl groups is 3. The summed E-state index contributed by atoms with van der Waals surface area (Å²) in [6.07, 6.45) is 28.3. The van der Waals surface area contributed by atoms with E-state index in [-0.39, 0.29) is 24.1 Å². The van der Waals surface area contributed by atoms with Crippen molar-refractivity contribution in [2.45, 2.75) is 233 Å². The monoisotopic (exact) mass is 813 g/mol. The number of carbonyl (C=O) groups excluding carboxylic acids is 1. The molecule has 3 N–H and O–H groups in total. The molecule has 0 unspecified atom stereocenters. The molecular formula is C51H88O7. The summed E-state index contributed by atoms with van der Waals surface area (Å²) in [6, 6.07) is 0. The Morgan fingerprint density at radius 3 is 2.05 bits per heavy atom. The van der Waals surface area contributed by atoms with Gasteiger partial charge in [0.25, 0.3) is 0 Å². The van der Waals surface area contributed by atoms with E-state index in [9.17, 15) is 20.1 Å². The molecule has 0 aromatic carbocycles. The number of aliphatic hydroxyl groups excluding tert-OH is 3. The number of rotatable bonds is 23. The lowest BCUT2D eigenvalue weighted by Gasteiger charge is -2.58. The zero-order chi connectivity index (χ0) is 41.9. The predicted molar refractivity (Wildman–Crippen MR) is 235 cm³/mol. The van der Waals surface area contributed by atoms with Crippen LogP contribution in [0.5, 0.6) is 0 Å². The second kappa shape index (κ2) is 22.7. The fourth-order valence-electron chi connectivity index (χ4n) is 12.7. The van der Waals surface area contributed by atoms with Gasteiger partial charge in [0.15, 0.2) is 6.29 Å². The predicted octanol–water partition coefficient (Wildman–Crippen LogP) is 11.7. The van der Waals surface area contributed by atoms with Gasteiger partial charge in [0, 0.05) is 6.42 Å². The van der Waals surface area contributed by atoms with Gasteiger partial charge in [0.1, 0.15) is 31.0 Å². The molecule has 1 heterocycles. The van der Waals surface area contributed by atoms with E-state index in [4.69, 9.17) is 14.2 Å². The summed E-state index contributed by atoms with van der Waals surface area (Å²) < 4.78 is 18.0. The number of ether oxygens (including phenoxy) is 3. The SMILES string of the molecule is CCCCCCCCCCCCCCCC(=O)OC[C@H]1O[C@@H](O[C@@H]2CC[C@]3(C)[C@@H](CC=C4[C@@H]3CC[C@]3(C)[C@H]4CC[C@H]3[C@H](C)/C=C\[C@@H](CC)C(C)C)C2)[C@H](O)[C@@H](O)[C@@H]1O. The molecule has 3 saturated carbocycles. The van der Waals surface area contributed by atoms with E-state index >= 15 is 0 Å². The van der Waals surface area contributed by atoms with Crippen molar-refractivity contribution in [3.63, 3.8) is 0 Å². The smallest absolute Gasteiger partial charge is 0.305 e. The summed E-state index contributed by atoms with van der Waals surface area (Å²) in [7, 11) is 0. The van der Waals surface area contributed by atoms with Gasteiger partial charge in [0.2, 0.25) is 0 Å². The van der Waals surface area contributed by atoms with E-state index in [1.807, 2.05) is 0 Å². The molecule has 0 aromatic rings. The first-order valence-electron chi connectivity index (χ1n) is 24.7. The van der Waals surface area contributed by atoms with Gasteiger partial charge in [-0.1, -0.05) is 149 Å². The van der Waals surface area contributed by atoms with Crippen molar-refractivity contribution >= 4 is 5.97 Å². The van der Waals surface area contributed by atoms with Crippen LogP contribution in [0.4, 0.5) is 0 Å². The molecule has 1 saturated heterocycles. The lowest BCUT2D eigenvalue weighted by atomic mass is 9.47. The average Bonchev–Trinajstić information content (AvgIpc) is 3.56. The third-order valence-corrected chi connectivity index (χ3v) is 16.6. The normalized spacial score (nSPS) is 37.3. The van der Waals surface area contributed by atoms with E-state index in [1.165, 1.54) is 96.3 Å². The van der Waals surface area contributed by atoms with Gasteiger partial charge >= 0.3 is 5.97 Å². The van der Waals surface area contributed by atoms with Gasteiger partial charge in [-0.3, -0.25) is 4.79 Å². The van der Waals surface area contributed by atoms with Crippen molar-refractivity contribution in [1.82, 2.24) is 0 Å². The minimum Gasteiger partial charge on any atom is -0.463 e. The second-order valence-electron chi connectivity index (χ2n) is 20.8. The zero-order valence-corrected chi connectivity index (χ0v) is 38.2. The maximum absolute atomic E-state index is 12.6. The van der Waals surface area contributed by atoms with Crippen LogP contribution in [0.1, 0.15) is 196 Å². The Hall–Kier alpha value is -1.25. The van der Waals surface area contributed by atoms with E-state index in [1.54, 1.807) is 5.57 Å². The Labute approximate surface area is 354 Å². The summed E-state index contributed by atoms with van der Waals surface area (Å²) in [5, 5.41) is 32.5. The summed E-state index contributed by atoms with van der Waals surface area (Å²) in [4.78, 5) is 12.6. The van der Waals surface area contributed by atoms with Gasteiger partial charge in [-0.25, -0.2) is 0 Å². The molecule has 7 heteroatoms. The number of hydrogen-bond donors (Lipinski definition) is 3. The Bertz CT molecular complexity index is 1300. The number of carbonyl (C=O) groups is 1. The summed E-state index contributed by atoms with van der Waals surface area (Å²) in [6.45, 7) is 16.7. The van der Waals surface area contributed by atoms with Crippen LogP contribution in [0.15, 0.2) is 23.8 Å². The van der Waals surface area contributed by atoms with Crippen molar-refractivity contribution in [2.75, 3.05) is 6.61 Å². The van der Waals surface area contributed by atoms with Crippen molar-refractivity contribution in [1.29, 1.82) is 0 Å². The first-order chi connectivity index (χ1) is 27.8. The zero-order valence-electron chi connectivity index (χ0n) is 38.2. The van der Waals surface area contributed by atoms with Crippen LogP contribution in [0.2, 0.25) is 0 Å². The minimum absolute atomic E-state index is 0.107. The molecule has 1 aliphatic heterocycles. The largest absolute Gasteiger partial charge is 0.463 e. The van der Waals surface area contributed by atoms with E-state index < -0.39 is 30.7 Å². The summed E-state index contributed by atoms with van der Waals surface area (Å²) in [5.41, 5.74) is 2.35. The van der Waals surface area contributed by atoms with Gasteiger partial charge in [0.05, 0.1) is 6.10 Å². The van der Waals surface area contributed by atoms with E-state index in [2.05, 4.69) is 66.7 Å². The topological polar surface area (TPSA) is 105 Å². The number of unbranched alkanes of at least 4 members (excludes halogenated alkanes) is 12. The molecule has 0 spiro atoms. The maximum atomic E-state index is 12.6. The molecule has 0 radical (unpaired) electrons. The van der Waals surface area contributed by atoms with E-state index in [0.717, 1.165) is 50.9 Å². The van der Waals surface area contributed by atoms with Crippen molar-refractivity contribution < 1.29 is 34.3 Å². The highest BCUT2D eigenvalue weighted by Gasteiger charge is 2.58. The highest BCUT2D eigenvalue weighted by Crippen LogP contribution is 2.67. The van der Waals surface area contributed by atoms with Crippen LogP contribution < -0.4 is 0 Å². The van der Waals surface area contributed by atoms with Gasteiger partial charge < -0.3 is 29.5 Å². The number of fused-ring (bicyclic) bond motifs is 5. The third-order valence-electron chi connectivity index (χ3n) is 16.6. The molecule has 14 atom stereocenters. The van der Waals surface area contributed by atoms with Gasteiger partial charge in [-0.15, -0.1) is 0 Å². The van der Waals surface area contributed by atoms with Crippen LogP contribution in [-0.2, 0) is 19.0 Å². The minimum atomic E-state index is -1.44. The quantitative estimate of drug-likeness (QED) is 0.0536. The van der Waals surface area contributed by atoms with Crippen molar-refractivity contribution in [3.05, 3.63) is 23.8 Å². The number of hydrogen-bond acceptors (Lipinski definition) is 7. The van der Waals surface area contributed by atoms with Crippen LogP contribution in [0, 0.1) is 52.3 Å². The van der Waals surface area contributed by atoms with Crippen molar-refractivity contribution in [2.24, 2.45) is 52.3 Å². The van der Waals surface area contributed by atoms with Crippen LogP contribution in [0.3, 0.4) is 0 Å². The standard InChI is InChI=1S/C51H88O7/c1-8-10-11-12-13-14-15-16-17-18-19-20-21-22-45(52)56-34-44-46(53)47(54)48(55)49(58-44)57-39-29-31-50(6)38(33-39)25-26-40-42-28-27-41(51(42,7)32-30-43(40)50)36(5)23-24-37(9-2)35(3)4/h23-24,26,35-39,41-44,46-49,53-55H,8-22,25,27-34H2,1-7H3/b24-23-/t36-,37-,38+,39-,41+,42+,43+,44-,46-,47+,48-,49-,50-,51+/m1/s1. The Balaban J connectivity index is 1.05. The molecule has 5 aliphatic rings. The van der Waals surface area contributed by atoms with Crippen LogP contribution in [0.25, 0.3) is 0 Å². The highest BCUT2D eigenvalue weighted by molar-refractivity contribution is 5.69. The summed E-state index contributed by atoms with van der Waals surface area (Å²) in [5.74, 6) is 4.18. The fourth-order valence-corrected chi connectivity index (χ4v) is 12.7. The highest BCUT2D eigenvalue weighted by atomic mass is 16.7. The van der Waals surface area contributed by atoms with Crippen LogP contribution in [-0.4, -0.2) is 64.7 Å². The molecule has 334 valence electrons. The summed E-state index contributed by atoms with van der Waals surface area (Å²) >= 11 is 0. The molecule has 5 rings (SSSR count). The van der Waals surface area contributed by atoms with E-state index in [0.29, 0.717) is 47.3 Å². The lowest BCUT2D eigenvalue weighted by molar-refractivity contribution is -0.316. The third kappa shape index (κ3) is 11.8. The maximum Gasteiger partial charge on any atom is 0.305 e. The molecule has 0 amide bonds. The first-order valence-corrected chi connectivity index (χ1v) is 24.7. The number of allylic oxidation sites excluding steroid dienone is 4. The lowest BCUT2D eigenvalue weighted by Crippen LogP contribution is -2.60. The Kier molecular flexibility index (Phi) is 18.7. The number of esters is 1.